The molecule has 0 heterocycles. The Bertz CT molecular complexity index is 316. The van der Waals surface area contributed by atoms with Gasteiger partial charge in [-0.2, -0.15) is 0 Å². The second-order valence-electron chi connectivity index (χ2n) is 4.33. The van der Waals surface area contributed by atoms with Crippen LogP contribution in [-0.2, 0) is 15.9 Å². The lowest BCUT2D eigenvalue weighted by Crippen LogP contribution is -2.19. The summed E-state index contributed by atoms with van der Waals surface area (Å²) in [5, 5.41) is 0. The Morgan fingerprint density at radius 3 is 2.50 bits per heavy atom. The first kappa shape index (κ1) is 15.1. The molecule has 1 unspecified atom stereocenters. The van der Waals surface area contributed by atoms with Crippen LogP contribution in [0.25, 0.3) is 0 Å². The molecule has 0 amide bonds. The Morgan fingerprint density at radius 2 is 1.89 bits per heavy atom. The van der Waals surface area contributed by atoms with Crippen molar-refractivity contribution in [1.82, 2.24) is 0 Å². The number of hydrogen-bond donors (Lipinski definition) is 1. The van der Waals surface area contributed by atoms with Gasteiger partial charge in [0.1, 0.15) is 5.82 Å². The number of methoxy groups -OCH3 is 1. The maximum atomic E-state index is 12.8. The van der Waals surface area contributed by atoms with Crippen LogP contribution >= 0.6 is 0 Å². The van der Waals surface area contributed by atoms with Gasteiger partial charge in [0.2, 0.25) is 0 Å². The zero-order chi connectivity index (χ0) is 13.2. The summed E-state index contributed by atoms with van der Waals surface area (Å²) in [7, 11) is 1.65. The summed E-state index contributed by atoms with van der Waals surface area (Å²) < 4.78 is 23.1. The Kier molecular flexibility index (Phi) is 7.57. The van der Waals surface area contributed by atoms with Crippen LogP contribution in [0.1, 0.15) is 12.0 Å². The third kappa shape index (κ3) is 6.10. The fourth-order valence-corrected chi connectivity index (χ4v) is 1.75. The van der Waals surface area contributed by atoms with Gasteiger partial charge in [-0.15, -0.1) is 0 Å². The van der Waals surface area contributed by atoms with Gasteiger partial charge < -0.3 is 15.2 Å². The minimum Gasteiger partial charge on any atom is -0.382 e. The van der Waals surface area contributed by atoms with E-state index in [4.69, 9.17) is 15.2 Å². The Morgan fingerprint density at radius 1 is 1.17 bits per heavy atom. The molecule has 0 spiro atoms. The van der Waals surface area contributed by atoms with Crippen LogP contribution in [0.3, 0.4) is 0 Å². The lowest BCUT2D eigenvalue weighted by Gasteiger charge is -2.14. The van der Waals surface area contributed by atoms with Gasteiger partial charge in [-0.25, -0.2) is 4.39 Å². The summed E-state index contributed by atoms with van der Waals surface area (Å²) in [6, 6.07) is 6.59. The lowest BCUT2D eigenvalue weighted by atomic mass is 9.97. The van der Waals surface area contributed by atoms with Crippen molar-refractivity contribution in [3.8, 4) is 0 Å². The first-order valence-electron chi connectivity index (χ1n) is 6.27. The molecule has 0 bridgehead atoms. The highest BCUT2D eigenvalue weighted by Gasteiger charge is 2.08. The Hall–Kier alpha value is -0.970. The molecule has 0 saturated heterocycles. The van der Waals surface area contributed by atoms with Gasteiger partial charge in [0.05, 0.1) is 13.2 Å². The summed E-state index contributed by atoms with van der Waals surface area (Å²) in [6.45, 7) is 2.53. The summed E-state index contributed by atoms with van der Waals surface area (Å²) in [4.78, 5) is 0. The van der Waals surface area contributed by atoms with E-state index in [-0.39, 0.29) is 5.82 Å². The summed E-state index contributed by atoms with van der Waals surface area (Å²) in [5.41, 5.74) is 6.85. The molecule has 2 N–H and O–H groups in total. The van der Waals surface area contributed by atoms with Crippen LogP contribution in [0.2, 0.25) is 0 Å². The highest BCUT2D eigenvalue weighted by molar-refractivity contribution is 5.16. The Labute approximate surface area is 108 Å². The molecular formula is C14H22FNO2. The van der Waals surface area contributed by atoms with E-state index < -0.39 is 0 Å². The number of nitrogens with two attached hydrogens (primary N) is 1. The first-order valence-corrected chi connectivity index (χ1v) is 6.27. The van der Waals surface area contributed by atoms with Gasteiger partial charge in [-0.05, 0) is 43.0 Å². The molecule has 1 aromatic carbocycles. The van der Waals surface area contributed by atoms with E-state index in [9.17, 15) is 4.39 Å². The molecule has 3 nitrogen and oxygen atoms in total. The molecule has 0 saturated carbocycles. The van der Waals surface area contributed by atoms with Crippen molar-refractivity contribution in [1.29, 1.82) is 0 Å². The lowest BCUT2D eigenvalue weighted by molar-refractivity contribution is 0.0641. The van der Waals surface area contributed by atoms with Gasteiger partial charge in [0, 0.05) is 13.7 Å². The van der Waals surface area contributed by atoms with Crippen LogP contribution in [0.5, 0.6) is 0 Å². The number of hydrogen-bond acceptors (Lipinski definition) is 3. The predicted octanol–water partition coefficient (Wildman–Crippen LogP) is 2.00. The quantitative estimate of drug-likeness (QED) is 0.686. The van der Waals surface area contributed by atoms with Crippen molar-refractivity contribution in [2.24, 2.45) is 11.7 Å². The molecule has 18 heavy (non-hydrogen) atoms. The summed E-state index contributed by atoms with van der Waals surface area (Å²) in [6.07, 6.45) is 1.78. The van der Waals surface area contributed by atoms with E-state index in [1.165, 1.54) is 12.1 Å². The maximum Gasteiger partial charge on any atom is 0.123 e. The number of rotatable bonds is 9. The van der Waals surface area contributed by atoms with E-state index in [0.29, 0.717) is 32.3 Å². The molecule has 0 fully saturated rings. The second-order valence-corrected chi connectivity index (χ2v) is 4.33. The van der Waals surface area contributed by atoms with Crippen LogP contribution in [0.4, 0.5) is 4.39 Å². The van der Waals surface area contributed by atoms with E-state index in [1.54, 1.807) is 7.11 Å². The van der Waals surface area contributed by atoms with E-state index in [0.717, 1.165) is 18.4 Å². The normalized spacial score (nSPS) is 12.6. The van der Waals surface area contributed by atoms with Crippen molar-refractivity contribution >= 4 is 0 Å². The third-order valence-electron chi connectivity index (χ3n) is 2.87. The summed E-state index contributed by atoms with van der Waals surface area (Å²) in [5.74, 6) is 0.170. The molecule has 1 rings (SSSR count). The zero-order valence-corrected chi connectivity index (χ0v) is 10.9. The fourth-order valence-electron chi connectivity index (χ4n) is 1.75. The van der Waals surface area contributed by atoms with Crippen molar-refractivity contribution in [3.05, 3.63) is 35.6 Å². The van der Waals surface area contributed by atoms with Gasteiger partial charge in [-0.1, -0.05) is 12.1 Å². The topological polar surface area (TPSA) is 44.5 Å². The molecule has 0 aliphatic rings. The highest BCUT2D eigenvalue weighted by Crippen LogP contribution is 2.12. The largest absolute Gasteiger partial charge is 0.382 e. The molecule has 0 aliphatic carbocycles. The molecular weight excluding hydrogens is 233 g/mol. The Balaban J connectivity index is 2.26. The van der Waals surface area contributed by atoms with E-state index >= 15 is 0 Å². The second kappa shape index (κ2) is 9.03. The van der Waals surface area contributed by atoms with E-state index in [2.05, 4.69) is 0 Å². The predicted molar refractivity (Wildman–Crippen MR) is 70.0 cm³/mol. The molecule has 1 atom stereocenters. The zero-order valence-electron chi connectivity index (χ0n) is 10.9. The van der Waals surface area contributed by atoms with Gasteiger partial charge in [-0.3, -0.25) is 0 Å². The molecule has 0 aromatic heterocycles. The van der Waals surface area contributed by atoms with Gasteiger partial charge in [0.15, 0.2) is 0 Å². The number of halogens is 1. The van der Waals surface area contributed by atoms with Crippen LogP contribution < -0.4 is 5.73 Å². The van der Waals surface area contributed by atoms with Crippen molar-refractivity contribution in [2.45, 2.75) is 12.8 Å². The van der Waals surface area contributed by atoms with Crippen molar-refractivity contribution in [2.75, 3.05) is 33.5 Å². The fraction of sp³-hybridized carbons (Fsp3) is 0.571. The minimum absolute atomic E-state index is 0.203. The molecule has 4 heteroatoms. The van der Waals surface area contributed by atoms with Gasteiger partial charge in [0.25, 0.3) is 0 Å². The average Bonchev–Trinajstić information content (AvgIpc) is 2.39. The number of benzene rings is 1. The van der Waals surface area contributed by atoms with Crippen LogP contribution in [0, 0.1) is 11.7 Å². The highest BCUT2D eigenvalue weighted by atomic mass is 19.1. The number of ether oxygens (including phenoxy) is 2. The van der Waals surface area contributed by atoms with Crippen LogP contribution in [0.15, 0.2) is 24.3 Å². The third-order valence-corrected chi connectivity index (χ3v) is 2.87. The first-order chi connectivity index (χ1) is 8.76. The smallest absolute Gasteiger partial charge is 0.123 e. The molecule has 102 valence electrons. The molecule has 0 radical (unpaired) electrons. The molecule has 0 aliphatic heterocycles. The average molecular weight is 255 g/mol. The van der Waals surface area contributed by atoms with E-state index in [1.807, 2.05) is 12.1 Å². The maximum absolute atomic E-state index is 12.8. The monoisotopic (exact) mass is 255 g/mol. The SMILES string of the molecule is COCCOCCC(CN)Cc1ccc(F)cc1. The standard InChI is InChI=1S/C14H22FNO2/c1-17-8-9-18-7-6-13(11-16)10-12-2-4-14(15)5-3-12/h2-5,13H,6-11,16H2,1H3. The van der Waals surface area contributed by atoms with Crippen molar-refractivity contribution < 1.29 is 13.9 Å². The molecule has 1 aromatic rings. The minimum atomic E-state index is -0.203. The summed E-state index contributed by atoms with van der Waals surface area (Å²) >= 11 is 0. The van der Waals surface area contributed by atoms with Gasteiger partial charge >= 0.3 is 0 Å². The van der Waals surface area contributed by atoms with Crippen LogP contribution in [-0.4, -0.2) is 33.5 Å². The van der Waals surface area contributed by atoms with Crippen molar-refractivity contribution in [3.63, 3.8) is 0 Å².